The quantitative estimate of drug-likeness (QED) is 0.383. The molecule has 0 amide bonds. The summed E-state index contributed by atoms with van der Waals surface area (Å²) in [5, 5.41) is 12.3. The van der Waals surface area contributed by atoms with E-state index in [0.29, 0.717) is 25.7 Å². The summed E-state index contributed by atoms with van der Waals surface area (Å²) >= 11 is 6.34. The van der Waals surface area contributed by atoms with E-state index in [-0.39, 0.29) is 12.6 Å². The fourth-order valence-corrected chi connectivity index (χ4v) is 5.51. The number of H-pyrrole nitrogens is 1. The van der Waals surface area contributed by atoms with E-state index in [1.165, 1.54) is 5.56 Å². The zero-order valence-electron chi connectivity index (χ0n) is 20.5. The predicted octanol–water partition coefficient (Wildman–Crippen LogP) is 3.84. The molecule has 2 aliphatic rings. The highest BCUT2D eigenvalue weighted by Crippen LogP contribution is 2.40. The van der Waals surface area contributed by atoms with Crippen molar-refractivity contribution in [3.05, 3.63) is 82.8 Å². The number of hydrogen-bond donors (Lipinski definition) is 2. The van der Waals surface area contributed by atoms with Crippen molar-refractivity contribution in [1.29, 1.82) is 0 Å². The van der Waals surface area contributed by atoms with Crippen LogP contribution in [-0.4, -0.2) is 77.1 Å². The van der Waals surface area contributed by atoms with Gasteiger partial charge < -0.3 is 24.5 Å². The van der Waals surface area contributed by atoms with Gasteiger partial charge >= 0.3 is 0 Å². The Morgan fingerprint density at radius 1 is 1.08 bits per heavy atom. The van der Waals surface area contributed by atoms with Crippen molar-refractivity contribution in [3.63, 3.8) is 0 Å². The van der Waals surface area contributed by atoms with E-state index in [0.717, 1.165) is 59.0 Å². The molecule has 9 heteroatoms. The van der Waals surface area contributed by atoms with Crippen LogP contribution in [0, 0.1) is 0 Å². The summed E-state index contributed by atoms with van der Waals surface area (Å²) < 4.78 is 11.3. The van der Waals surface area contributed by atoms with Crippen molar-refractivity contribution < 1.29 is 14.6 Å². The van der Waals surface area contributed by atoms with Crippen LogP contribution in [0.1, 0.15) is 22.9 Å². The first-order valence-electron chi connectivity index (χ1n) is 12.7. The van der Waals surface area contributed by atoms with Gasteiger partial charge in [0.1, 0.15) is 18.5 Å². The molecule has 0 radical (unpaired) electrons. The molecule has 8 nitrogen and oxygen atoms in total. The molecule has 0 aliphatic carbocycles. The predicted molar refractivity (Wildman–Crippen MR) is 143 cm³/mol. The van der Waals surface area contributed by atoms with E-state index in [9.17, 15) is 5.11 Å². The number of aromatic nitrogens is 3. The Labute approximate surface area is 220 Å². The van der Waals surface area contributed by atoms with Gasteiger partial charge in [-0.1, -0.05) is 23.7 Å². The van der Waals surface area contributed by atoms with Crippen molar-refractivity contribution in [2.75, 3.05) is 50.9 Å². The first kappa shape index (κ1) is 24.2. The molecular formula is C28H30ClN5O3. The molecular weight excluding hydrogens is 490 g/mol. The Morgan fingerprint density at radius 2 is 1.86 bits per heavy atom. The van der Waals surface area contributed by atoms with Crippen LogP contribution in [0.3, 0.4) is 0 Å². The van der Waals surface area contributed by atoms with Gasteiger partial charge in [-0.25, -0.2) is 9.97 Å². The molecule has 0 saturated carbocycles. The highest BCUT2D eigenvalue weighted by atomic mass is 35.5. The maximum Gasteiger partial charge on any atom is 0.226 e. The van der Waals surface area contributed by atoms with Crippen LogP contribution in [0.25, 0.3) is 10.9 Å². The van der Waals surface area contributed by atoms with Crippen molar-refractivity contribution >= 4 is 28.5 Å². The van der Waals surface area contributed by atoms with Gasteiger partial charge in [-0.15, -0.1) is 0 Å². The number of aliphatic hydroxyl groups is 1. The Hall–Kier alpha value is -3.17. The van der Waals surface area contributed by atoms with E-state index < -0.39 is 6.10 Å². The van der Waals surface area contributed by atoms with Crippen molar-refractivity contribution in [2.45, 2.75) is 18.6 Å². The van der Waals surface area contributed by atoms with Gasteiger partial charge in [0.2, 0.25) is 5.95 Å². The number of ether oxygens (including phenoxy) is 2. The highest BCUT2D eigenvalue weighted by Gasteiger charge is 2.33. The largest absolute Gasteiger partial charge is 0.491 e. The molecule has 4 heterocycles. The van der Waals surface area contributed by atoms with Crippen LogP contribution in [-0.2, 0) is 11.2 Å². The summed E-state index contributed by atoms with van der Waals surface area (Å²) in [6, 6.07) is 15.8. The van der Waals surface area contributed by atoms with Crippen molar-refractivity contribution in [3.8, 4) is 5.75 Å². The molecule has 1 saturated heterocycles. The standard InChI is InChI=1S/C28H30ClN5O3/c29-20-4-7-25-24(16-20)23-8-11-34(28-30-9-1-10-31-28)27(26(23)32-25)19-2-5-22(6-3-19)37-18-21(35)17-33-12-14-36-15-13-33/h1-7,9-10,16,21,27,32,35H,8,11-15,17-18H2. The van der Waals surface area contributed by atoms with Gasteiger partial charge in [0, 0.05) is 60.2 Å². The molecule has 2 atom stereocenters. The van der Waals surface area contributed by atoms with Crippen LogP contribution >= 0.6 is 11.6 Å². The molecule has 0 bridgehead atoms. The van der Waals surface area contributed by atoms with E-state index in [4.69, 9.17) is 21.1 Å². The summed E-state index contributed by atoms with van der Waals surface area (Å²) in [4.78, 5) is 17.2. The molecule has 192 valence electrons. The number of hydrogen-bond acceptors (Lipinski definition) is 7. The number of anilines is 1. The molecule has 0 spiro atoms. The fourth-order valence-electron chi connectivity index (χ4n) is 5.34. The second kappa shape index (κ2) is 10.7. The minimum atomic E-state index is -0.553. The smallest absolute Gasteiger partial charge is 0.226 e. The molecule has 1 fully saturated rings. The normalized spacial score (nSPS) is 19.1. The number of fused-ring (bicyclic) bond motifs is 3. The number of nitrogens with one attached hydrogen (secondary N) is 1. The summed E-state index contributed by atoms with van der Waals surface area (Å²) in [6.45, 7) is 4.74. The second-order valence-electron chi connectivity index (χ2n) is 9.55. The average Bonchev–Trinajstić information content (AvgIpc) is 3.30. The lowest BCUT2D eigenvalue weighted by Gasteiger charge is -2.36. The number of benzene rings is 2. The van der Waals surface area contributed by atoms with E-state index >= 15 is 0 Å². The number of morpholine rings is 1. The van der Waals surface area contributed by atoms with Crippen molar-refractivity contribution in [1.82, 2.24) is 19.9 Å². The summed E-state index contributed by atoms with van der Waals surface area (Å²) in [7, 11) is 0. The number of β-amino-alcohol motifs (C(OH)–C–C–N with tert-alkyl or cyclic N) is 1. The molecule has 37 heavy (non-hydrogen) atoms. The summed E-state index contributed by atoms with van der Waals surface area (Å²) in [6.07, 6.45) is 3.87. The van der Waals surface area contributed by atoms with Crippen LogP contribution in [0.2, 0.25) is 5.02 Å². The topological polar surface area (TPSA) is 86.7 Å². The number of rotatable bonds is 7. The van der Waals surface area contributed by atoms with Gasteiger partial charge in [0.05, 0.1) is 19.3 Å². The zero-order valence-corrected chi connectivity index (χ0v) is 21.3. The number of aromatic amines is 1. The van der Waals surface area contributed by atoms with Crippen LogP contribution in [0.4, 0.5) is 5.95 Å². The Bertz CT molecular complexity index is 1340. The first-order chi connectivity index (χ1) is 18.2. The Balaban J connectivity index is 1.25. The lowest BCUT2D eigenvalue weighted by atomic mass is 9.92. The Kier molecular flexibility index (Phi) is 6.97. The molecule has 2 aromatic heterocycles. The molecule has 2 aliphatic heterocycles. The third-order valence-electron chi connectivity index (χ3n) is 7.11. The summed E-state index contributed by atoms with van der Waals surface area (Å²) in [5.74, 6) is 1.42. The van der Waals surface area contributed by atoms with Crippen LogP contribution < -0.4 is 9.64 Å². The molecule has 2 aromatic carbocycles. The van der Waals surface area contributed by atoms with E-state index in [1.807, 2.05) is 36.4 Å². The maximum absolute atomic E-state index is 10.4. The van der Waals surface area contributed by atoms with E-state index in [2.05, 4.69) is 36.9 Å². The van der Waals surface area contributed by atoms with Gasteiger partial charge in [-0.3, -0.25) is 4.90 Å². The first-order valence-corrected chi connectivity index (χ1v) is 13.1. The van der Waals surface area contributed by atoms with Crippen LogP contribution in [0.15, 0.2) is 60.9 Å². The van der Waals surface area contributed by atoms with E-state index in [1.54, 1.807) is 12.4 Å². The highest BCUT2D eigenvalue weighted by molar-refractivity contribution is 6.31. The SMILES string of the molecule is OC(COc1ccc(C2c3[nH]c4ccc(Cl)cc4c3CCN2c2ncccn2)cc1)CN1CCOCC1. The van der Waals surface area contributed by atoms with Crippen molar-refractivity contribution in [2.24, 2.45) is 0 Å². The minimum Gasteiger partial charge on any atom is -0.491 e. The number of aliphatic hydroxyl groups excluding tert-OH is 1. The molecule has 4 aromatic rings. The minimum absolute atomic E-state index is 0.0849. The third-order valence-corrected chi connectivity index (χ3v) is 7.34. The molecule has 2 N–H and O–H groups in total. The Morgan fingerprint density at radius 3 is 2.65 bits per heavy atom. The van der Waals surface area contributed by atoms with Gasteiger partial charge in [0.25, 0.3) is 0 Å². The molecule has 6 rings (SSSR count). The fraction of sp³-hybridized carbons (Fsp3) is 0.357. The van der Waals surface area contributed by atoms with Gasteiger partial charge in [0.15, 0.2) is 0 Å². The lowest BCUT2D eigenvalue weighted by Crippen LogP contribution is -2.42. The summed E-state index contributed by atoms with van der Waals surface area (Å²) in [5.41, 5.74) is 4.59. The average molecular weight is 520 g/mol. The lowest BCUT2D eigenvalue weighted by molar-refractivity contribution is 0.00465. The van der Waals surface area contributed by atoms with Gasteiger partial charge in [-0.05, 0) is 53.9 Å². The van der Waals surface area contributed by atoms with Crippen LogP contribution in [0.5, 0.6) is 5.75 Å². The number of nitrogens with zero attached hydrogens (tertiary/aromatic N) is 4. The zero-order chi connectivity index (χ0) is 25.2. The molecule has 2 unspecified atom stereocenters. The monoisotopic (exact) mass is 519 g/mol. The third kappa shape index (κ3) is 5.15. The maximum atomic E-state index is 10.4. The second-order valence-corrected chi connectivity index (χ2v) is 9.99. The number of halogens is 1. The van der Waals surface area contributed by atoms with Gasteiger partial charge in [-0.2, -0.15) is 0 Å².